The van der Waals surface area contributed by atoms with Gasteiger partial charge in [0, 0.05) is 28.9 Å². The van der Waals surface area contributed by atoms with E-state index in [4.69, 9.17) is 10.5 Å². The van der Waals surface area contributed by atoms with E-state index in [1.807, 2.05) is 31.2 Å². The van der Waals surface area contributed by atoms with Gasteiger partial charge in [-0.05, 0) is 30.5 Å². The van der Waals surface area contributed by atoms with Gasteiger partial charge in [-0.1, -0.05) is 19.1 Å². The highest BCUT2D eigenvalue weighted by molar-refractivity contribution is 7.84. The smallest absolute Gasteiger partial charge is 0.119 e. The van der Waals surface area contributed by atoms with E-state index in [-0.39, 0.29) is 0 Å². The molecule has 96 valence electrons. The number of hydrogen-bond donors (Lipinski definition) is 1. The average Bonchev–Trinajstić information content (AvgIpc) is 2.35. The second-order valence-corrected chi connectivity index (χ2v) is 5.60. The Bertz CT molecular complexity index is 355. The lowest BCUT2D eigenvalue weighted by atomic mass is 10.2. The zero-order valence-corrected chi connectivity index (χ0v) is 11.2. The van der Waals surface area contributed by atoms with Gasteiger partial charge in [0.25, 0.3) is 0 Å². The second-order valence-electron chi connectivity index (χ2n) is 3.90. The summed E-state index contributed by atoms with van der Waals surface area (Å²) in [6.07, 6.45) is 1.81. The maximum atomic E-state index is 11.4. The molecule has 0 saturated heterocycles. The molecule has 1 aromatic carbocycles. The molecule has 1 atom stereocenters. The molecule has 0 saturated carbocycles. The number of rotatable bonds is 8. The topological polar surface area (TPSA) is 52.3 Å². The van der Waals surface area contributed by atoms with E-state index in [9.17, 15) is 4.21 Å². The third kappa shape index (κ3) is 5.84. The van der Waals surface area contributed by atoms with Gasteiger partial charge in [0.2, 0.25) is 0 Å². The highest BCUT2D eigenvalue weighted by Gasteiger charge is 1.99. The number of ether oxygens (including phenoxy) is 1. The molecule has 0 aromatic heterocycles. The Hall–Kier alpha value is -0.870. The Morgan fingerprint density at radius 3 is 2.88 bits per heavy atom. The summed E-state index contributed by atoms with van der Waals surface area (Å²) in [6, 6.07) is 7.78. The molecule has 1 unspecified atom stereocenters. The predicted octanol–water partition coefficient (Wildman–Crippen LogP) is 2.07. The summed E-state index contributed by atoms with van der Waals surface area (Å²) in [5.41, 5.74) is 6.62. The largest absolute Gasteiger partial charge is 0.494 e. The minimum Gasteiger partial charge on any atom is -0.494 e. The van der Waals surface area contributed by atoms with Crippen LogP contribution in [0, 0.1) is 0 Å². The lowest BCUT2D eigenvalue weighted by molar-refractivity contribution is 0.318. The fourth-order valence-electron chi connectivity index (χ4n) is 1.50. The molecule has 0 amide bonds. The molecule has 0 aliphatic heterocycles. The van der Waals surface area contributed by atoms with Crippen LogP contribution in [-0.2, 0) is 17.3 Å². The standard InChI is InChI=1S/C13H21NO2S/c1-2-8-17(15)9-4-7-16-13-6-3-5-12(10-13)11-14/h3,5-6,10H,2,4,7-9,11,14H2,1H3. The van der Waals surface area contributed by atoms with Crippen LogP contribution in [0.1, 0.15) is 25.3 Å². The van der Waals surface area contributed by atoms with Gasteiger partial charge in [-0.15, -0.1) is 0 Å². The molecule has 2 N–H and O–H groups in total. The number of nitrogens with two attached hydrogens (primary N) is 1. The third-order valence-corrected chi connectivity index (χ3v) is 3.96. The van der Waals surface area contributed by atoms with Gasteiger partial charge in [0.05, 0.1) is 6.61 Å². The first-order chi connectivity index (χ1) is 8.26. The molecule has 17 heavy (non-hydrogen) atoms. The fraction of sp³-hybridized carbons (Fsp3) is 0.538. The van der Waals surface area contributed by atoms with E-state index < -0.39 is 10.8 Å². The zero-order valence-electron chi connectivity index (χ0n) is 10.4. The van der Waals surface area contributed by atoms with Gasteiger partial charge in [-0.3, -0.25) is 4.21 Å². The second kappa shape index (κ2) is 8.25. The molecule has 0 spiro atoms. The van der Waals surface area contributed by atoms with Crippen LogP contribution in [-0.4, -0.2) is 22.3 Å². The molecule has 1 aromatic rings. The maximum absolute atomic E-state index is 11.4. The molecule has 0 aliphatic rings. The molecular weight excluding hydrogens is 234 g/mol. The summed E-state index contributed by atoms with van der Waals surface area (Å²) in [4.78, 5) is 0. The first-order valence-electron chi connectivity index (χ1n) is 6.03. The van der Waals surface area contributed by atoms with E-state index in [1.165, 1.54) is 0 Å². The van der Waals surface area contributed by atoms with E-state index in [0.29, 0.717) is 13.2 Å². The van der Waals surface area contributed by atoms with Crippen molar-refractivity contribution >= 4 is 10.8 Å². The minimum absolute atomic E-state index is 0.526. The van der Waals surface area contributed by atoms with Crippen LogP contribution in [0.15, 0.2) is 24.3 Å². The normalized spacial score (nSPS) is 12.4. The van der Waals surface area contributed by atoms with E-state index >= 15 is 0 Å². The lowest BCUT2D eigenvalue weighted by Crippen LogP contribution is -2.07. The van der Waals surface area contributed by atoms with Crippen molar-refractivity contribution in [2.24, 2.45) is 5.73 Å². The van der Waals surface area contributed by atoms with Gasteiger partial charge < -0.3 is 10.5 Å². The van der Waals surface area contributed by atoms with Crippen molar-refractivity contribution < 1.29 is 8.95 Å². The van der Waals surface area contributed by atoms with Crippen LogP contribution in [0.25, 0.3) is 0 Å². The predicted molar refractivity (Wildman–Crippen MR) is 72.6 cm³/mol. The number of hydrogen-bond acceptors (Lipinski definition) is 3. The fourth-order valence-corrected chi connectivity index (χ4v) is 2.60. The number of benzene rings is 1. The van der Waals surface area contributed by atoms with Crippen molar-refractivity contribution in [3.05, 3.63) is 29.8 Å². The maximum Gasteiger partial charge on any atom is 0.119 e. The van der Waals surface area contributed by atoms with Crippen molar-refractivity contribution in [3.63, 3.8) is 0 Å². The van der Waals surface area contributed by atoms with Crippen LogP contribution in [0.3, 0.4) is 0 Å². The van der Waals surface area contributed by atoms with Crippen LogP contribution >= 0.6 is 0 Å². The van der Waals surface area contributed by atoms with Crippen LogP contribution in [0.2, 0.25) is 0 Å². The van der Waals surface area contributed by atoms with E-state index in [0.717, 1.165) is 35.7 Å². The van der Waals surface area contributed by atoms with Crippen molar-refractivity contribution in [1.29, 1.82) is 0 Å². The third-order valence-electron chi connectivity index (χ3n) is 2.35. The molecule has 0 aliphatic carbocycles. The summed E-state index contributed by atoms with van der Waals surface area (Å²) < 4.78 is 17.0. The lowest BCUT2D eigenvalue weighted by Gasteiger charge is -2.07. The summed E-state index contributed by atoms with van der Waals surface area (Å²) in [5, 5.41) is 0. The molecule has 1 rings (SSSR count). The molecule has 0 heterocycles. The molecule has 0 bridgehead atoms. The average molecular weight is 255 g/mol. The van der Waals surface area contributed by atoms with E-state index in [1.54, 1.807) is 0 Å². The van der Waals surface area contributed by atoms with Gasteiger partial charge in [-0.25, -0.2) is 0 Å². The minimum atomic E-state index is -0.684. The first-order valence-corrected chi connectivity index (χ1v) is 7.52. The van der Waals surface area contributed by atoms with Crippen LogP contribution in [0.4, 0.5) is 0 Å². The zero-order chi connectivity index (χ0) is 12.5. The summed E-state index contributed by atoms with van der Waals surface area (Å²) >= 11 is 0. The summed E-state index contributed by atoms with van der Waals surface area (Å²) in [5.74, 6) is 2.36. The Morgan fingerprint density at radius 2 is 2.18 bits per heavy atom. The van der Waals surface area contributed by atoms with Crippen molar-refractivity contribution in [2.75, 3.05) is 18.1 Å². The Kier molecular flexibility index (Phi) is 6.89. The van der Waals surface area contributed by atoms with Gasteiger partial charge in [0.15, 0.2) is 0 Å². The SMILES string of the molecule is CCCS(=O)CCCOc1cccc(CN)c1. The molecule has 0 fully saturated rings. The molecular formula is C13H21NO2S. The Labute approximate surface area is 106 Å². The molecule has 3 nitrogen and oxygen atoms in total. The van der Waals surface area contributed by atoms with Gasteiger partial charge >= 0.3 is 0 Å². The highest BCUT2D eigenvalue weighted by Crippen LogP contribution is 2.13. The van der Waals surface area contributed by atoms with Gasteiger partial charge in [-0.2, -0.15) is 0 Å². The monoisotopic (exact) mass is 255 g/mol. The summed E-state index contributed by atoms with van der Waals surface area (Å²) in [6.45, 7) is 3.19. The quantitative estimate of drug-likeness (QED) is 0.724. The highest BCUT2D eigenvalue weighted by atomic mass is 32.2. The van der Waals surface area contributed by atoms with Gasteiger partial charge in [0.1, 0.15) is 5.75 Å². The summed E-state index contributed by atoms with van der Waals surface area (Å²) in [7, 11) is -0.684. The van der Waals surface area contributed by atoms with Crippen LogP contribution in [0.5, 0.6) is 5.75 Å². The van der Waals surface area contributed by atoms with Crippen LogP contribution < -0.4 is 10.5 Å². The Balaban J connectivity index is 2.24. The first kappa shape index (κ1) is 14.2. The van der Waals surface area contributed by atoms with Crippen molar-refractivity contribution in [3.8, 4) is 5.75 Å². The Morgan fingerprint density at radius 1 is 1.35 bits per heavy atom. The van der Waals surface area contributed by atoms with Crippen molar-refractivity contribution in [1.82, 2.24) is 0 Å². The molecule has 4 heteroatoms. The van der Waals surface area contributed by atoms with E-state index in [2.05, 4.69) is 0 Å². The molecule has 0 radical (unpaired) electrons. The van der Waals surface area contributed by atoms with Crippen molar-refractivity contribution in [2.45, 2.75) is 26.3 Å².